The molecule has 0 saturated carbocycles. The molecule has 1 aromatic heterocycles. The quantitative estimate of drug-likeness (QED) is 0.910. The highest BCUT2D eigenvalue weighted by atomic mass is 16.5. The van der Waals surface area contributed by atoms with Crippen LogP contribution in [-0.2, 0) is 11.3 Å². The highest BCUT2D eigenvalue weighted by Gasteiger charge is 2.14. The fourth-order valence-electron chi connectivity index (χ4n) is 2.00. The maximum absolute atomic E-state index is 11.1. The zero-order valence-corrected chi connectivity index (χ0v) is 11.9. The van der Waals surface area contributed by atoms with E-state index in [1.807, 2.05) is 32.0 Å². The van der Waals surface area contributed by atoms with Crippen molar-refractivity contribution in [3.8, 4) is 11.3 Å². The van der Waals surface area contributed by atoms with E-state index in [1.54, 1.807) is 17.9 Å². The molecule has 0 bridgehead atoms. The van der Waals surface area contributed by atoms with Gasteiger partial charge in [-0.05, 0) is 37.1 Å². The third kappa shape index (κ3) is 2.88. The molecule has 0 unspecified atom stereocenters. The third-order valence-corrected chi connectivity index (χ3v) is 3.31. The second kappa shape index (κ2) is 5.88. The molecule has 0 fully saturated rings. The summed E-state index contributed by atoms with van der Waals surface area (Å²) < 4.78 is 6.72. The minimum absolute atomic E-state index is 0.0503. The van der Waals surface area contributed by atoms with Gasteiger partial charge < -0.3 is 9.84 Å². The second-order valence-electron chi connectivity index (χ2n) is 4.73. The van der Waals surface area contributed by atoms with Crippen molar-refractivity contribution >= 4 is 5.97 Å². The number of carboxylic acid groups (broad SMARTS) is 1. The number of aromatic nitrogens is 2. The number of carboxylic acids is 1. The Labute approximate surface area is 117 Å². The normalized spacial score (nSPS) is 10.8. The highest BCUT2D eigenvalue weighted by molar-refractivity contribution is 5.87. The van der Waals surface area contributed by atoms with Gasteiger partial charge in [-0.15, -0.1) is 0 Å². The molecule has 0 amide bonds. The van der Waals surface area contributed by atoms with E-state index >= 15 is 0 Å². The third-order valence-electron chi connectivity index (χ3n) is 3.31. The number of ether oxygens (including phenoxy) is 1. The lowest BCUT2D eigenvalue weighted by Gasteiger charge is -2.08. The molecule has 2 aromatic rings. The Morgan fingerprint density at radius 1 is 1.30 bits per heavy atom. The van der Waals surface area contributed by atoms with Crippen LogP contribution in [0, 0.1) is 13.8 Å². The molecule has 5 heteroatoms. The Bertz CT molecular complexity index is 632. The maximum atomic E-state index is 11.1. The molecular weight excluding hydrogens is 256 g/mol. The van der Waals surface area contributed by atoms with Crippen molar-refractivity contribution in [1.29, 1.82) is 0 Å². The zero-order chi connectivity index (χ0) is 14.7. The monoisotopic (exact) mass is 274 g/mol. The van der Waals surface area contributed by atoms with Gasteiger partial charge in [0.1, 0.15) is 0 Å². The van der Waals surface area contributed by atoms with Crippen molar-refractivity contribution in [2.24, 2.45) is 0 Å². The zero-order valence-electron chi connectivity index (χ0n) is 11.9. The first-order chi connectivity index (χ1) is 9.52. The van der Waals surface area contributed by atoms with E-state index in [2.05, 4.69) is 5.10 Å². The van der Waals surface area contributed by atoms with E-state index in [0.717, 1.165) is 11.3 Å². The number of aromatic carboxylic acids is 1. The van der Waals surface area contributed by atoms with Gasteiger partial charge >= 0.3 is 5.97 Å². The molecule has 1 aromatic carbocycles. The Hall–Kier alpha value is -2.14. The van der Waals surface area contributed by atoms with Crippen LogP contribution in [-0.4, -0.2) is 34.6 Å². The van der Waals surface area contributed by atoms with Crippen LogP contribution in [0.3, 0.4) is 0 Å². The molecule has 20 heavy (non-hydrogen) atoms. The summed E-state index contributed by atoms with van der Waals surface area (Å²) >= 11 is 0. The van der Waals surface area contributed by atoms with Gasteiger partial charge in [-0.25, -0.2) is 4.79 Å². The Balaban J connectivity index is 2.46. The molecule has 106 valence electrons. The molecule has 0 saturated heterocycles. The molecule has 2 rings (SSSR count). The first-order valence-electron chi connectivity index (χ1n) is 6.40. The van der Waals surface area contributed by atoms with Crippen molar-refractivity contribution in [3.63, 3.8) is 0 Å². The summed E-state index contributed by atoms with van der Waals surface area (Å²) in [5, 5.41) is 13.2. The number of nitrogens with zero attached hydrogens (tertiary/aromatic N) is 2. The van der Waals surface area contributed by atoms with Gasteiger partial charge in [0.15, 0.2) is 5.69 Å². The molecule has 0 aliphatic carbocycles. The second-order valence-corrected chi connectivity index (χ2v) is 4.73. The lowest BCUT2D eigenvalue weighted by Crippen LogP contribution is -2.08. The number of aryl methyl sites for hydroxylation is 2. The van der Waals surface area contributed by atoms with Crippen LogP contribution < -0.4 is 0 Å². The minimum atomic E-state index is -1.02. The van der Waals surface area contributed by atoms with Crippen molar-refractivity contribution < 1.29 is 14.6 Å². The van der Waals surface area contributed by atoms with Crippen LogP contribution in [0.25, 0.3) is 11.3 Å². The Morgan fingerprint density at radius 2 is 2.05 bits per heavy atom. The summed E-state index contributed by atoms with van der Waals surface area (Å²) in [6.45, 7) is 5.08. The molecule has 0 radical (unpaired) electrons. The predicted octanol–water partition coefficient (Wildman–Crippen LogP) is 2.51. The van der Waals surface area contributed by atoms with Crippen LogP contribution >= 0.6 is 0 Å². The van der Waals surface area contributed by atoms with E-state index in [9.17, 15) is 4.79 Å². The lowest BCUT2D eigenvalue weighted by atomic mass is 10.0. The average Bonchev–Trinajstić information content (AvgIpc) is 2.84. The first kappa shape index (κ1) is 14.3. The van der Waals surface area contributed by atoms with Gasteiger partial charge in [-0.1, -0.05) is 12.1 Å². The van der Waals surface area contributed by atoms with Crippen LogP contribution in [0.2, 0.25) is 0 Å². The Morgan fingerprint density at radius 3 is 2.65 bits per heavy atom. The highest BCUT2D eigenvalue weighted by Crippen LogP contribution is 2.23. The molecular formula is C15H18N2O3. The molecule has 1 heterocycles. The van der Waals surface area contributed by atoms with Crippen molar-refractivity contribution in [1.82, 2.24) is 9.78 Å². The smallest absolute Gasteiger partial charge is 0.356 e. The van der Waals surface area contributed by atoms with Crippen molar-refractivity contribution in [2.75, 3.05) is 13.7 Å². The number of rotatable bonds is 5. The van der Waals surface area contributed by atoms with E-state index < -0.39 is 5.97 Å². The SMILES string of the molecule is COCCn1nc(C(=O)O)cc1-c1ccc(C)c(C)c1. The molecule has 0 aliphatic rings. The number of benzene rings is 1. The maximum Gasteiger partial charge on any atom is 0.356 e. The number of carbonyl (C=O) groups is 1. The van der Waals surface area contributed by atoms with Crippen LogP contribution in [0.5, 0.6) is 0 Å². The number of hydrogen-bond donors (Lipinski definition) is 1. The summed E-state index contributed by atoms with van der Waals surface area (Å²) in [7, 11) is 1.61. The average molecular weight is 274 g/mol. The van der Waals surface area contributed by atoms with E-state index in [0.29, 0.717) is 13.2 Å². The molecule has 5 nitrogen and oxygen atoms in total. The van der Waals surface area contributed by atoms with Gasteiger partial charge in [0.2, 0.25) is 0 Å². The summed E-state index contributed by atoms with van der Waals surface area (Å²) in [5.41, 5.74) is 4.18. The van der Waals surface area contributed by atoms with E-state index in [1.165, 1.54) is 11.1 Å². The summed E-state index contributed by atoms with van der Waals surface area (Å²) in [4.78, 5) is 11.1. The predicted molar refractivity (Wildman–Crippen MR) is 76.0 cm³/mol. The molecule has 0 spiro atoms. The topological polar surface area (TPSA) is 64.4 Å². The largest absolute Gasteiger partial charge is 0.476 e. The Kier molecular flexibility index (Phi) is 4.20. The molecule has 1 N–H and O–H groups in total. The van der Waals surface area contributed by atoms with Gasteiger partial charge in [-0.3, -0.25) is 4.68 Å². The van der Waals surface area contributed by atoms with Gasteiger partial charge in [-0.2, -0.15) is 5.10 Å². The van der Waals surface area contributed by atoms with Crippen molar-refractivity contribution in [2.45, 2.75) is 20.4 Å². The summed E-state index contributed by atoms with van der Waals surface area (Å²) in [6.07, 6.45) is 0. The van der Waals surface area contributed by atoms with Gasteiger partial charge in [0.05, 0.1) is 18.8 Å². The fraction of sp³-hybridized carbons (Fsp3) is 0.333. The molecule has 0 atom stereocenters. The standard InChI is InChI=1S/C15H18N2O3/c1-10-4-5-12(8-11(10)2)14-9-13(15(18)19)16-17(14)6-7-20-3/h4-5,8-9H,6-7H2,1-3H3,(H,18,19). The van der Waals surface area contributed by atoms with Crippen LogP contribution in [0.15, 0.2) is 24.3 Å². The first-order valence-corrected chi connectivity index (χ1v) is 6.40. The lowest BCUT2D eigenvalue weighted by molar-refractivity contribution is 0.0689. The van der Waals surface area contributed by atoms with Crippen LogP contribution in [0.1, 0.15) is 21.6 Å². The fourth-order valence-corrected chi connectivity index (χ4v) is 2.00. The number of methoxy groups -OCH3 is 1. The van der Waals surface area contributed by atoms with Gasteiger partial charge in [0.25, 0.3) is 0 Å². The van der Waals surface area contributed by atoms with E-state index in [4.69, 9.17) is 9.84 Å². The summed E-state index contributed by atoms with van der Waals surface area (Å²) in [5.74, 6) is -1.02. The van der Waals surface area contributed by atoms with Gasteiger partial charge in [0, 0.05) is 12.7 Å². The minimum Gasteiger partial charge on any atom is -0.476 e. The molecule has 0 aliphatic heterocycles. The van der Waals surface area contributed by atoms with Crippen molar-refractivity contribution in [3.05, 3.63) is 41.1 Å². The summed E-state index contributed by atoms with van der Waals surface area (Å²) in [6, 6.07) is 7.65. The number of hydrogen-bond acceptors (Lipinski definition) is 3. The van der Waals surface area contributed by atoms with E-state index in [-0.39, 0.29) is 5.69 Å². The van der Waals surface area contributed by atoms with Crippen LogP contribution in [0.4, 0.5) is 0 Å².